The van der Waals surface area contributed by atoms with Gasteiger partial charge in [0.1, 0.15) is 5.54 Å². The summed E-state index contributed by atoms with van der Waals surface area (Å²) in [5, 5.41) is 11.6. The number of carbonyl (C=O) groups excluding carboxylic acids is 1. The minimum Gasteiger partial charge on any atom is -0.377 e. The first-order valence-corrected chi connectivity index (χ1v) is 6.94. The fourth-order valence-electron chi connectivity index (χ4n) is 3.47. The van der Waals surface area contributed by atoms with Gasteiger partial charge in [-0.05, 0) is 19.8 Å². The number of fused-ring (bicyclic) bond motifs is 1. The number of rotatable bonds is 3. The Bertz CT molecular complexity index is 415. The van der Waals surface area contributed by atoms with Gasteiger partial charge in [-0.3, -0.25) is 4.79 Å². The number of nitriles is 1. The summed E-state index contributed by atoms with van der Waals surface area (Å²) >= 11 is 0. The Balaban J connectivity index is 2.09. The maximum atomic E-state index is 12.4. The van der Waals surface area contributed by atoms with Crippen LogP contribution < -0.4 is 11.1 Å². The van der Waals surface area contributed by atoms with E-state index in [0.717, 1.165) is 19.4 Å². The molecule has 2 aliphatic rings. The lowest BCUT2D eigenvalue weighted by Crippen LogP contribution is -2.82. The van der Waals surface area contributed by atoms with Gasteiger partial charge in [-0.25, -0.2) is 0 Å². The average Bonchev–Trinajstić information content (AvgIpc) is 2.43. The summed E-state index contributed by atoms with van der Waals surface area (Å²) in [5.41, 5.74) is 5.19. The Hall–Kier alpha value is -1.12. The Labute approximate surface area is 114 Å². The molecule has 1 aliphatic heterocycles. The molecule has 1 amide bonds. The molecule has 5 heteroatoms. The van der Waals surface area contributed by atoms with Gasteiger partial charge in [-0.2, -0.15) is 5.26 Å². The maximum Gasteiger partial charge on any atom is 0.241 e. The van der Waals surface area contributed by atoms with Crippen molar-refractivity contribution in [1.29, 1.82) is 5.26 Å². The van der Waals surface area contributed by atoms with Crippen molar-refractivity contribution in [3.8, 4) is 6.07 Å². The fourth-order valence-corrected chi connectivity index (χ4v) is 3.47. The predicted molar refractivity (Wildman–Crippen MR) is 71.0 cm³/mol. The summed E-state index contributed by atoms with van der Waals surface area (Å²) in [6.07, 6.45) is 1.97. The van der Waals surface area contributed by atoms with Gasteiger partial charge in [-0.15, -0.1) is 0 Å². The zero-order chi connectivity index (χ0) is 14.3. The Morgan fingerprint density at radius 2 is 2.32 bits per heavy atom. The van der Waals surface area contributed by atoms with Crippen LogP contribution >= 0.6 is 0 Å². The van der Waals surface area contributed by atoms with E-state index < -0.39 is 5.54 Å². The first-order chi connectivity index (χ1) is 8.85. The highest BCUT2D eigenvalue weighted by Gasteiger charge is 2.70. The molecule has 1 heterocycles. The third-order valence-electron chi connectivity index (χ3n) is 4.85. The third-order valence-corrected chi connectivity index (χ3v) is 4.85. The molecule has 4 unspecified atom stereocenters. The van der Waals surface area contributed by atoms with Gasteiger partial charge in [0.15, 0.2) is 0 Å². The number of nitrogens with two attached hydrogens (primary N) is 1. The van der Waals surface area contributed by atoms with Gasteiger partial charge in [0.25, 0.3) is 0 Å². The van der Waals surface area contributed by atoms with E-state index in [4.69, 9.17) is 15.7 Å². The molecule has 0 spiro atoms. The Kier molecular flexibility index (Phi) is 3.59. The van der Waals surface area contributed by atoms with E-state index in [-0.39, 0.29) is 29.3 Å². The van der Waals surface area contributed by atoms with Crippen molar-refractivity contribution in [3.05, 3.63) is 0 Å². The summed E-state index contributed by atoms with van der Waals surface area (Å²) in [4.78, 5) is 12.4. The van der Waals surface area contributed by atoms with E-state index in [1.165, 1.54) is 0 Å². The molecular weight excluding hydrogens is 242 g/mol. The zero-order valence-corrected chi connectivity index (χ0v) is 11.9. The number of hydrogen-bond acceptors (Lipinski definition) is 4. The third kappa shape index (κ3) is 1.94. The van der Waals surface area contributed by atoms with Crippen molar-refractivity contribution in [2.24, 2.45) is 23.0 Å². The summed E-state index contributed by atoms with van der Waals surface area (Å²) in [5.74, 6) is -0.255. The van der Waals surface area contributed by atoms with Crippen molar-refractivity contribution >= 4 is 5.91 Å². The minimum atomic E-state index is -0.882. The molecule has 1 saturated carbocycles. The molecule has 106 valence electrons. The van der Waals surface area contributed by atoms with E-state index >= 15 is 0 Å². The smallest absolute Gasteiger partial charge is 0.241 e. The van der Waals surface area contributed by atoms with Crippen LogP contribution in [0, 0.1) is 28.6 Å². The number of hydrogen-bond donors (Lipinski definition) is 2. The lowest BCUT2D eigenvalue weighted by atomic mass is 9.46. The largest absolute Gasteiger partial charge is 0.377 e. The zero-order valence-electron chi connectivity index (χ0n) is 11.9. The molecule has 1 saturated heterocycles. The molecular formula is C14H23N3O2. The molecule has 3 N–H and O–H groups in total. The number of amides is 1. The topological polar surface area (TPSA) is 88.1 Å². The second-order valence-corrected chi connectivity index (χ2v) is 6.37. The van der Waals surface area contributed by atoms with Gasteiger partial charge in [0.2, 0.25) is 5.91 Å². The van der Waals surface area contributed by atoms with Gasteiger partial charge in [0, 0.05) is 24.5 Å². The van der Waals surface area contributed by atoms with Crippen LogP contribution in [0.1, 0.15) is 33.6 Å². The van der Waals surface area contributed by atoms with Crippen LogP contribution in [0.4, 0.5) is 0 Å². The normalized spacial score (nSPS) is 37.4. The molecule has 0 aromatic rings. The van der Waals surface area contributed by atoms with Crippen LogP contribution in [0.2, 0.25) is 0 Å². The molecule has 1 aliphatic carbocycles. The first-order valence-electron chi connectivity index (χ1n) is 6.94. The molecule has 0 bridgehead atoms. The van der Waals surface area contributed by atoms with E-state index in [1.54, 1.807) is 6.92 Å². The summed E-state index contributed by atoms with van der Waals surface area (Å²) in [7, 11) is 0. The van der Waals surface area contributed by atoms with Gasteiger partial charge < -0.3 is 15.8 Å². The Morgan fingerprint density at radius 1 is 1.63 bits per heavy atom. The molecule has 5 nitrogen and oxygen atoms in total. The highest BCUT2D eigenvalue weighted by molar-refractivity contribution is 5.89. The van der Waals surface area contributed by atoms with Crippen LogP contribution in [0.25, 0.3) is 0 Å². The van der Waals surface area contributed by atoms with E-state index in [0.29, 0.717) is 6.54 Å². The first kappa shape index (κ1) is 14.3. The quantitative estimate of drug-likeness (QED) is 0.790. The van der Waals surface area contributed by atoms with E-state index in [9.17, 15) is 4.79 Å². The minimum absolute atomic E-state index is 0.0744. The van der Waals surface area contributed by atoms with Crippen LogP contribution in [0.5, 0.6) is 0 Å². The number of nitrogens with one attached hydrogen (secondary N) is 1. The van der Waals surface area contributed by atoms with E-state index in [1.807, 2.05) is 13.8 Å². The predicted octanol–water partition coefficient (Wildman–Crippen LogP) is 0.795. The molecule has 2 rings (SSSR count). The van der Waals surface area contributed by atoms with Crippen molar-refractivity contribution < 1.29 is 9.53 Å². The number of carbonyl (C=O) groups is 1. The van der Waals surface area contributed by atoms with Crippen LogP contribution in [0.15, 0.2) is 0 Å². The molecule has 2 fully saturated rings. The molecule has 0 radical (unpaired) electrons. The van der Waals surface area contributed by atoms with Gasteiger partial charge in [-0.1, -0.05) is 13.8 Å². The van der Waals surface area contributed by atoms with Crippen molar-refractivity contribution in [1.82, 2.24) is 5.32 Å². The van der Waals surface area contributed by atoms with Crippen LogP contribution in [-0.2, 0) is 9.53 Å². The molecule has 0 aromatic heterocycles. The van der Waals surface area contributed by atoms with Gasteiger partial charge in [0.05, 0.1) is 18.1 Å². The maximum absolute atomic E-state index is 12.4. The lowest BCUT2D eigenvalue weighted by Gasteiger charge is -2.65. The fraction of sp³-hybridized carbons (Fsp3) is 0.857. The van der Waals surface area contributed by atoms with Crippen molar-refractivity contribution in [2.75, 3.05) is 13.2 Å². The summed E-state index contributed by atoms with van der Waals surface area (Å²) in [6.45, 7) is 6.87. The molecule has 4 atom stereocenters. The Morgan fingerprint density at radius 3 is 2.95 bits per heavy atom. The standard InChI is InChI=1S/C14H23N3O2/c1-9(7-15)8-17-12(18)14(16)10-5-4-6-19-11(10)13(14,2)3/h9-11H,4-6,8,16H2,1-3H3,(H,17,18). The highest BCUT2D eigenvalue weighted by atomic mass is 16.5. The highest BCUT2D eigenvalue weighted by Crippen LogP contribution is 2.57. The van der Waals surface area contributed by atoms with Gasteiger partial charge >= 0.3 is 0 Å². The number of nitrogens with zero attached hydrogens (tertiary/aromatic N) is 1. The SMILES string of the molecule is CC(C#N)CNC(=O)C1(N)C2CCCOC2C1(C)C. The molecule has 0 aromatic carbocycles. The van der Waals surface area contributed by atoms with E-state index in [2.05, 4.69) is 11.4 Å². The van der Waals surface area contributed by atoms with Crippen LogP contribution in [0.3, 0.4) is 0 Å². The molecule has 19 heavy (non-hydrogen) atoms. The second-order valence-electron chi connectivity index (χ2n) is 6.37. The van der Waals surface area contributed by atoms with Crippen molar-refractivity contribution in [3.63, 3.8) is 0 Å². The summed E-state index contributed by atoms with van der Waals surface area (Å²) in [6, 6.07) is 2.10. The van der Waals surface area contributed by atoms with Crippen LogP contribution in [-0.4, -0.2) is 30.7 Å². The average molecular weight is 265 g/mol. The summed E-state index contributed by atoms with van der Waals surface area (Å²) < 4.78 is 5.77. The second kappa shape index (κ2) is 4.77. The lowest BCUT2D eigenvalue weighted by molar-refractivity contribution is -0.225. The van der Waals surface area contributed by atoms with Crippen molar-refractivity contribution in [2.45, 2.75) is 45.3 Å². The monoisotopic (exact) mass is 265 g/mol. The number of ether oxygens (including phenoxy) is 1.